The Hall–Kier alpha value is -3.16. The van der Waals surface area contributed by atoms with E-state index < -0.39 is 0 Å². The van der Waals surface area contributed by atoms with Crippen molar-refractivity contribution in [2.45, 2.75) is 20.4 Å². The Kier molecular flexibility index (Phi) is 4.28. The number of hydrogen-bond donors (Lipinski definition) is 1. The molecule has 0 radical (unpaired) electrons. The lowest BCUT2D eigenvalue weighted by Crippen LogP contribution is -2.14. The van der Waals surface area contributed by atoms with Crippen LogP contribution in [0.2, 0.25) is 0 Å². The average Bonchev–Trinajstić information content (AvgIpc) is 3.24. The number of nitrogens with zero attached hydrogens (tertiary/aromatic N) is 5. The van der Waals surface area contributed by atoms with Crippen LogP contribution in [-0.4, -0.2) is 37.6 Å². The van der Waals surface area contributed by atoms with Gasteiger partial charge < -0.3 is 10.1 Å². The van der Waals surface area contributed by atoms with Gasteiger partial charge in [-0.25, -0.2) is 0 Å². The third kappa shape index (κ3) is 2.85. The molecule has 1 N–H and O–H groups in total. The van der Waals surface area contributed by atoms with Crippen molar-refractivity contribution >= 4 is 11.6 Å². The number of aryl methyl sites for hydroxylation is 1. The summed E-state index contributed by atoms with van der Waals surface area (Å²) in [6.45, 7) is 4.60. The summed E-state index contributed by atoms with van der Waals surface area (Å²) in [5, 5.41) is 15.0. The number of carbonyl (C=O) groups excluding carboxylic acids is 1. The summed E-state index contributed by atoms with van der Waals surface area (Å²) >= 11 is 0. The first-order chi connectivity index (χ1) is 11.6. The van der Waals surface area contributed by atoms with Gasteiger partial charge in [0.25, 0.3) is 5.91 Å². The second-order valence-corrected chi connectivity index (χ2v) is 5.15. The van der Waals surface area contributed by atoms with Gasteiger partial charge in [-0.05, 0) is 38.1 Å². The molecule has 2 aromatic heterocycles. The lowest BCUT2D eigenvalue weighted by molar-refractivity contribution is 0.102. The molecular weight excluding hydrogens is 308 g/mol. The zero-order chi connectivity index (χ0) is 17.1. The highest BCUT2D eigenvalue weighted by Gasteiger charge is 2.18. The third-order valence-electron chi connectivity index (χ3n) is 3.74. The summed E-state index contributed by atoms with van der Waals surface area (Å²) in [5.41, 5.74) is 2.04. The van der Waals surface area contributed by atoms with Crippen LogP contribution in [0.3, 0.4) is 0 Å². The Bertz CT molecular complexity index is 836. The fourth-order valence-electron chi connectivity index (χ4n) is 2.40. The minimum Gasteiger partial charge on any atom is -0.497 e. The van der Waals surface area contributed by atoms with Crippen molar-refractivity contribution in [3.8, 4) is 11.6 Å². The molecule has 0 aliphatic heterocycles. The molecule has 8 heteroatoms. The molecule has 124 valence electrons. The number of methoxy groups -OCH3 is 1. The van der Waals surface area contributed by atoms with Crippen molar-refractivity contribution in [3.05, 3.63) is 48.2 Å². The lowest BCUT2D eigenvalue weighted by Gasteiger charge is -2.08. The second kappa shape index (κ2) is 6.53. The van der Waals surface area contributed by atoms with E-state index in [1.165, 1.54) is 0 Å². The Morgan fingerprint density at radius 2 is 1.88 bits per heavy atom. The summed E-state index contributed by atoms with van der Waals surface area (Å²) < 4.78 is 8.60. The van der Waals surface area contributed by atoms with Gasteiger partial charge in [0.05, 0.1) is 12.8 Å². The SMILES string of the molecule is CCn1nc(-n2cnnc2)c(NC(=O)c2ccc(OC)cc2)c1C. The van der Waals surface area contributed by atoms with E-state index in [1.807, 2.05) is 18.5 Å². The van der Waals surface area contributed by atoms with E-state index in [2.05, 4.69) is 20.6 Å². The van der Waals surface area contributed by atoms with Crippen LogP contribution >= 0.6 is 0 Å². The Morgan fingerprint density at radius 3 is 2.46 bits per heavy atom. The highest BCUT2D eigenvalue weighted by Crippen LogP contribution is 2.24. The Balaban J connectivity index is 1.93. The molecule has 2 heterocycles. The van der Waals surface area contributed by atoms with Crippen molar-refractivity contribution in [2.24, 2.45) is 0 Å². The average molecular weight is 326 g/mol. The summed E-state index contributed by atoms with van der Waals surface area (Å²) in [7, 11) is 1.59. The van der Waals surface area contributed by atoms with E-state index in [9.17, 15) is 4.79 Å². The molecule has 0 spiro atoms. The topological polar surface area (TPSA) is 86.9 Å². The van der Waals surface area contributed by atoms with Crippen LogP contribution < -0.4 is 10.1 Å². The van der Waals surface area contributed by atoms with Gasteiger partial charge in [-0.15, -0.1) is 10.2 Å². The minimum atomic E-state index is -0.217. The highest BCUT2D eigenvalue weighted by molar-refractivity contribution is 6.05. The van der Waals surface area contributed by atoms with Crippen molar-refractivity contribution in [3.63, 3.8) is 0 Å². The molecule has 0 unspecified atom stereocenters. The van der Waals surface area contributed by atoms with Crippen LogP contribution in [0.25, 0.3) is 5.82 Å². The van der Waals surface area contributed by atoms with Gasteiger partial charge in [0.1, 0.15) is 24.1 Å². The van der Waals surface area contributed by atoms with Gasteiger partial charge in [-0.3, -0.25) is 14.0 Å². The molecule has 0 atom stereocenters. The molecule has 0 fully saturated rings. The molecule has 0 aliphatic carbocycles. The maximum Gasteiger partial charge on any atom is 0.255 e. The first kappa shape index (κ1) is 15.7. The van der Waals surface area contributed by atoms with Gasteiger partial charge in [0, 0.05) is 12.1 Å². The van der Waals surface area contributed by atoms with Crippen molar-refractivity contribution in [1.82, 2.24) is 24.5 Å². The second-order valence-electron chi connectivity index (χ2n) is 5.15. The van der Waals surface area contributed by atoms with Crippen LogP contribution in [0.5, 0.6) is 5.75 Å². The molecule has 0 saturated carbocycles. The van der Waals surface area contributed by atoms with E-state index in [0.717, 1.165) is 5.69 Å². The summed E-state index contributed by atoms with van der Waals surface area (Å²) in [5.74, 6) is 1.07. The molecule has 1 amide bonds. The maximum atomic E-state index is 12.6. The number of anilines is 1. The fourth-order valence-corrected chi connectivity index (χ4v) is 2.40. The largest absolute Gasteiger partial charge is 0.497 e. The molecule has 3 aromatic rings. The predicted octanol–water partition coefficient (Wildman–Crippen LogP) is 2.05. The number of hydrogen-bond acceptors (Lipinski definition) is 5. The number of rotatable bonds is 5. The third-order valence-corrected chi connectivity index (χ3v) is 3.74. The molecule has 0 aliphatic rings. The fraction of sp³-hybridized carbons (Fsp3) is 0.250. The van der Waals surface area contributed by atoms with Gasteiger partial charge in [-0.2, -0.15) is 5.10 Å². The maximum absolute atomic E-state index is 12.6. The van der Waals surface area contributed by atoms with Crippen LogP contribution in [0.15, 0.2) is 36.9 Å². The summed E-state index contributed by atoms with van der Waals surface area (Å²) in [4.78, 5) is 12.6. The van der Waals surface area contributed by atoms with Gasteiger partial charge in [-0.1, -0.05) is 0 Å². The highest BCUT2D eigenvalue weighted by atomic mass is 16.5. The number of aromatic nitrogens is 5. The molecular formula is C16H18N6O2. The number of benzene rings is 1. The summed E-state index contributed by atoms with van der Waals surface area (Å²) in [6, 6.07) is 6.92. The van der Waals surface area contributed by atoms with Crippen LogP contribution in [-0.2, 0) is 6.54 Å². The zero-order valence-corrected chi connectivity index (χ0v) is 13.7. The Morgan fingerprint density at radius 1 is 1.21 bits per heavy atom. The molecule has 0 bridgehead atoms. The van der Waals surface area contributed by atoms with E-state index in [-0.39, 0.29) is 5.91 Å². The first-order valence-electron chi connectivity index (χ1n) is 7.51. The van der Waals surface area contributed by atoms with E-state index in [1.54, 1.807) is 48.6 Å². The molecule has 1 aromatic carbocycles. The van der Waals surface area contributed by atoms with Gasteiger partial charge in [0.15, 0.2) is 5.82 Å². The number of ether oxygens (including phenoxy) is 1. The number of amides is 1. The van der Waals surface area contributed by atoms with E-state index in [4.69, 9.17) is 4.74 Å². The standard InChI is InChI=1S/C16H18N6O2/c1-4-22-11(2)14(15(20-22)21-9-17-18-10-21)19-16(23)12-5-7-13(24-3)8-6-12/h5-10H,4H2,1-3H3,(H,19,23). The van der Waals surface area contributed by atoms with Gasteiger partial charge >= 0.3 is 0 Å². The monoisotopic (exact) mass is 326 g/mol. The smallest absolute Gasteiger partial charge is 0.255 e. The van der Waals surface area contributed by atoms with Crippen molar-refractivity contribution in [2.75, 3.05) is 12.4 Å². The lowest BCUT2D eigenvalue weighted by atomic mass is 10.2. The van der Waals surface area contributed by atoms with E-state index >= 15 is 0 Å². The molecule has 3 rings (SSSR count). The minimum absolute atomic E-state index is 0.217. The van der Waals surface area contributed by atoms with Crippen LogP contribution in [0.4, 0.5) is 5.69 Å². The van der Waals surface area contributed by atoms with Crippen molar-refractivity contribution in [1.29, 1.82) is 0 Å². The van der Waals surface area contributed by atoms with Crippen LogP contribution in [0.1, 0.15) is 23.0 Å². The van der Waals surface area contributed by atoms with Gasteiger partial charge in [0.2, 0.25) is 0 Å². The molecule has 0 saturated heterocycles. The number of nitrogens with one attached hydrogen (secondary N) is 1. The van der Waals surface area contributed by atoms with Crippen molar-refractivity contribution < 1.29 is 9.53 Å². The number of carbonyl (C=O) groups is 1. The molecule has 24 heavy (non-hydrogen) atoms. The molecule has 8 nitrogen and oxygen atoms in total. The van der Waals surface area contributed by atoms with Crippen LogP contribution in [0, 0.1) is 6.92 Å². The first-order valence-corrected chi connectivity index (χ1v) is 7.51. The summed E-state index contributed by atoms with van der Waals surface area (Å²) in [6.07, 6.45) is 3.09. The predicted molar refractivity (Wildman–Crippen MR) is 88.5 cm³/mol. The normalized spacial score (nSPS) is 10.6. The zero-order valence-electron chi connectivity index (χ0n) is 13.7. The quantitative estimate of drug-likeness (QED) is 0.775. The van der Waals surface area contributed by atoms with E-state index in [0.29, 0.717) is 29.4 Å². The Labute approximate surface area is 139 Å².